The maximum atomic E-state index is 12.9. The smallest absolute Gasteiger partial charge is 0.292 e. The van der Waals surface area contributed by atoms with Crippen LogP contribution in [0.2, 0.25) is 5.02 Å². The van der Waals surface area contributed by atoms with E-state index in [0.29, 0.717) is 16.7 Å². The molecule has 4 rings (SSSR count). The van der Waals surface area contributed by atoms with Crippen molar-refractivity contribution in [2.75, 3.05) is 36.0 Å². The number of nitrogens with one attached hydrogen (secondary N) is 1. The molecule has 7 nitrogen and oxygen atoms in total. The Morgan fingerprint density at radius 1 is 1.04 bits per heavy atom. The van der Waals surface area contributed by atoms with E-state index in [1.54, 1.807) is 42.7 Å². The zero-order valence-corrected chi connectivity index (χ0v) is 14.9. The number of carbonyl (C=O) groups is 2. The van der Waals surface area contributed by atoms with Crippen molar-refractivity contribution in [1.29, 1.82) is 0 Å². The highest BCUT2D eigenvalue weighted by molar-refractivity contribution is 6.30. The van der Waals surface area contributed by atoms with Gasteiger partial charge in [0.25, 0.3) is 5.91 Å². The van der Waals surface area contributed by atoms with Crippen LogP contribution >= 0.6 is 11.6 Å². The zero-order valence-electron chi connectivity index (χ0n) is 14.1. The summed E-state index contributed by atoms with van der Waals surface area (Å²) in [5, 5.41) is 0.578. The number of anilines is 2. The molecule has 2 fully saturated rings. The van der Waals surface area contributed by atoms with Crippen LogP contribution in [-0.4, -0.2) is 54.0 Å². The molecule has 0 saturated carbocycles. The molecule has 0 radical (unpaired) electrons. The van der Waals surface area contributed by atoms with Gasteiger partial charge in [-0.25, -0.2) is 14.9 Å². The van der Waals surface area contributed by atoms with Gasteiger partial charge in [0.05, 0.1) is 38.3 Å². The molecule has 2 saturated heterocycles. The molecule has 1 atom stereocenters. The summed E-state index contributed by atoms with van der Waals surface area (Å²) in [4.78, 5) is 38.4. The van der Waals surface area contributed by atoms with Crippen molar-refractivity contribution in [1.82, 2.24) is 9.97 Å². The van der Waals surface area contributed by atoms with Crippen LogP contribution in [0.25, 0.3) is 0 Å². The maximum absolute atomic E-state index is 12.9. The Hall–Kier alpha value is -2.51. The third-order valence-electron chi connectivity index (χ3n) is 4.96. The van der Waals surface area contributed by atoms with Crippen molar-refractivity contribution >= 4 is 35.1 Å². The number of nitrogens with zero attached hydrogens (tertiary/aromatic N) is 4. The third kappa shape index (κ3) is 3.15. The van der Waals surface area contributed by atoms with Gasteiger partial charge in [-0.1, -0.05) is 11.6 Å². The summed E-state index contributed by atoms with van der Waals surface area (Å²) in [6, 6.07) is 8.27. The fourth-order valence-corrected chi connectivity index (χ4v) is 3.74. The van der Waals surface area contributed by atoms with Crippen molar-refractivity contribution in [2.24, 2.45) is 0 Å². The second-order valence-electron chi connectivity index (χ2n) is 6.49. The van der Waals surface area contributed by atoms with Gasteiger partial charge in [-0.05, 0) is 30.3 Å². The lowest BCUT2D eigenvalue weighted by Gasteiger charge is -2.34. The van der Waals surface area contributed by atoms with E-state index >= 15 is 0 Å². The first kappa shape index (κ1) is 16.9. The SMILES string of the molecule is O=C1C[C@H]([NH+]2CCN(c3ncccn3)CC2)C(=O)N1c1ccc(Cl)cc1. The first-order chi connectivity index (χ1) is 12.6. The van der Waals surface area contributed by atoms with Gasteiger partial charge >= 0.3 is 0 Å². The number of carbonyl (C=O) groups excluding carboxylic acids is 2. The summed E-state index contributed by atoms with van der Waals surface area (Å²) < 4.78 is 0. The van der Waals surface area contributed by atoms with Crippen LogP contribution < -0.4 is 14.7 Å². The number of hydrogen-bond donors (Lipinski definition) is 1. The van der Waals surface area contributed by atoms with E-state index in [-0.39, 0.29) is 24.3 Å². The quantitative estimate of drug-likeness (QED) is 0.778. The summed E-state index contributed by atoms with van der Waals surface area (Å²) in [6.07, 6.45) is 3.70. The third-order valence-corrected chi connectivity index (χ3v) is 5.22. The highest BCUT2D eigenvalue weighted by Gasteiger charge is 2.46. The van der Waals surface area contributed by atoms with E-state index < -0.39 is 0 Å². The van der Waals surface area contributed by atoms with E-state index in [4.69, 9.17) is 11.6 Å². The fourth-order valence-electron chi connectivity index (χ4n) is 3.61. The molecule has 1 N–H and O–H groups in total. The summed E-state index contributed by atoms with van der Waals surface area (Å²) in [5.74, 6) is 0.434. The number of aromatic nitrogens is 2. The number of rotatable bonds is 3. The fraction of sp³-hybridized carbons (Fsp3) is 0.333. The van der Waals surface area contributed by atoms with Gasteiger partial charge in [0.1, 0.15) is 0 Å². The summed E-state index contributed by atoms with van der Waals surface area (Å²) >= 11 is 5.90. The Labute approximate surface area is 156 Å². The Kier molecular flexibility index (Phi) is 4.57. The topological polar surface area (TPSA) is 70.8 Å². The first-order valence-electron chi connectivity index (χ1n) is 8.62. The number of benzene rings is 1. The lowest BCUT2D eigenvalue weighted by atomic mass is 10.2. The minimum atomic E-state index is -0.322. The molecule has 134 valence electrons. The van der Waals surface area contributed by atoms with Crippen LogP contribution in [0.4, 0.5) is 11.6 Å². The van der Waals surface area contributed by atoms with Crippen LogP contribution in [0, 0.1) is 0 Å². The van der Waals surface area contributed by atoms with Crippen LogP contribution in [-0.2, 0) is 9.59 Å². The van der Waals surface area contributed by atoms with Gasteiger partial charge in [-0.2, -0.15) is 0 Å². The van der Waals surface area contributed by atoms with Gasteiger partial charge < -0.3 is 9.80 Å². The molecule has 26 heavy (non-hydrogen) atoms. The standard InChI is InChI=1S/C18H18ClN5O2/c19-13-2-4-14(5-3-13)24-16(25)12-15(17(24)26)22-8-10-23(11-9-22)18-20-6-1-7-21-18/h1-7,15H,8-12H2/p+1/t15-/m0/s1. The van der Waals surface area contributed by atoms with E-state index in [9.17, 15) is 9.59 Å². The van der Waals surface area contributed by atoms with E-state index in [2.05, 4.69) is 14.9 Å². The van der Waals surface area contributed by atoms with E-state index in [1.807, 2.05) is 0 Å². The first-order valence-corrected chi connectivity index (χ1v) is 9.00. The van der Waals surface area contributed by atoms with Crippen molar-refractivity contribution in [3.05, 3.63) is 47.7 Å². The van der Waals surface area contributed by atoms with Crippen molar-refractivity contribution in [3.63, 3.8) is 0 Å². The summed E-state index contributed by atoms with van der Waals surface area (Å²) in [6.45, 7) is 3.07. The largest absolute Gasteiger partial charge is 0.330 e. The van der Waals surface area contributed by atoms with Gasteiger partial charge in [0.15, 0.2) is 6.04 Å². The highest BCUT2D eigenvalue weighted by atomic mass is 35.5. The Balaban J connectivity index is 1.44. The normalized spacial score (nSPS) is 21.5. The summed E-state index contributed by atoms with van der Waals surface area (Å²) in [5.41, 5.74) is 0.586. The molecule has 0 spiro atoms. The molecule has 1 aromatic heterocycles. The second-order valence-corrected chi connectivity index (χ2v) is 6.93. The Bertz CT molecular complexity index is 806. The summed E-state index contributed by atoms with van der Waals surface area (Å²) in [7, 11) is 0. The van der Waals surface area contributed by atoms with Gasteiger partial charge in [-0.3, -0.25) is 9.59 Å². The molecule has 2 aromatic rings. The number of piperazine rings is 1. The monoisotopic (exact) mass is 372 g/mol. The number of amides is 2. The molecular weight excluding hydrogens is 354 g/mol. The molecule has 1 aromatic carbocycles. The zero-order chi connectivity index (χ0) is 18.1. The molecule has 0 bridgehead atoms. The Morgan fingerprint density at radius 2 is 1.69 bits per heavy atom. The number of halogens is 1. The average Bonchev–Trinajstić information content (AvgIpc) is 2.98. The second kappa shape index (κ2) is 7.01. The van der Waals surface area contributed by atoms with Crippen LogP contribution in [0.15, 0.2) is 42.7 Å². The number of hydrogen-bond acceptors (Lipinski definition) is 5. The minimum Gasteiger partial charge on any atom is -0.330 e. The minimum absolute atomic E-state index is 0.128. The molecule has 2 aliphatic heterocycles. The van der Waals surface area contributed by atoms with Crippen molar-refractivity contribution < 1.29 is 14.5 Å². The molecule has 2 amide bonds. The average molecular weight is 373 g/mol. The highest BCUT2D eigenvalue weighted by Crippen LogP contribution is 2.23. The predicted molar refractivity (Wildman–Crippen MR) is 97.3 cm³/mol. The number of quaternary nitrogens is 1. The lowest BCUT2D eigenvalue weighted by Crippen LogP contribution is -3.19. The van der Waals surface area contributed by atoms with Crippen LogP contribution in [0.1, 0.15) is 6.42 Å². The maximum Gasteiger partial charge on any atom is 0.292 e. The van der Waals surface area contributed by atoms with Gasteiger partial charge in [-0.15, -0.1) is 0 Å². The van der Waals surface area contributed by atoms with Crippen molar-refractivity contribution in [2.45, 2.75) is 12.5 Å². The number of imide groups is 1. The van der Waals surface area contributed by atoms with Gasteiger partial charge in [0.2, 0.25) is 11.9 Å². The van der Waals surface area contributed by atoms with Gasteiger partial charge in [0, 0.05) is 17.4 Å². The molecule has 2 aliphatic rings. The van der Waals surface area contributed by atoms with Crippen LogP contribution in [0.3, 0.4) is 0 Å². The van der Waals surface area contributed by atoms with Crippen LogP contribution in [0.5, 0.6) is 0 Å². The molecular formula is C18H19ClN5O2+. The molecule has 3 heterocycles. The van der Waals surface area contributed by atoms with E-state index in [0.717, 1.165) is 31.1 Å². The predicted octanol–water partition coefficient (Wildman–Crippen LogP) is 0.167. The Morgan fingerprint density at radius 3 is 2.35 bits per heavy atom. The molecule has 0 unspecified atom stereocenters. The lowest BCUT2D eigenvalue weighted by molar-refractivity contribution is -0.915. The molecule has 0 aliphatic carbocycles. The van der Waals surface area contributed by atoms with Crippen molar-refractivity contribution in [3.8, 4) is 0 Å². The molecule has 8 heteroatoms. The van der Waals surface area contributed by atoms with E-state index in [1.165, 1.54) is 4.90 Å².